The van der Waals surface area contributed by atoms with E-state index >= 15 is 0 Å². The fourth-order valence-electron chi connectivity index (χ4n) is 1.30. The highest BCUT2D eigenvalue weighted by Gasteiger charge is 2.02. The van der Waals surface area contributed by atoms with Crippen LogP contribution < -0.4 is 0 Å². The van der Waals surface area contributed by atoms with E-state index in [4.69, 9.17) is 19.0 Å². The Labute approximate surface area is 132 Å². The predicted molar refractivity (Wildman–Crippen MR) is 90.2 cm³/mol. The highest BCUT2D eigenvalue weighted by molar-refractivity contribution is 8.76. The molecule has 0 saturated heterocycles. The van der Waals surface area contributed by atoms with Crippen molar-refractivity contribution in [3.63, 3.8) is 0 Å². The first-order valence-electron chi connectivity index (χ1n) is 6.91. The van der Waals surface area contributed by atoms with Crippen LogP contribution in [0.2, 0.25) is 0 Å². The van der Waals surface area contributed by atoms with Crippen LogP contribution in [0.4, 0.5) is 0 Å². The van der Waals surface area contributed by atoms with Gasteiger partial charge in [0, 0.05) is 25.3 Å². The number of rotatable bonds is 15. The average Bonchev–Trinajstić information content (AvgIpc) is 2.45. The minimum atomic E-state index is -0.799. The maximum atomic E-state index is 8.38. The molecule has 0 amide bonds. The van der Waals surface area contributed by atoms with Crippen molar-refractivity contribution < 1.29 is 13.8 Å². The highest BCUT2D eigenvalue weighted by atomic mass is 33.1. The van der Waals surface area contributed by atoms with E-state index in [0.717, 1.165) is 25.4 Å². The van der Waals surface area contributed by atoms with Crippen LogP contribution in [-0.4, -0.2) is 45.1 Å². The number of nitrogens with zero attached hydrogens (tertiary/aromatic N) is 1. The first-order chi connectivity index (χ1) is 9.81. The van der Waals surface area contributed by atoms with Gasteiger partial charge < -0.3 is 13.8 Å². The molecule has 1 atom stereocenters. The van der Waals surface area contributed by atoms with E-state index in [1.807, 2.05) is 28.3 Å². The second kappa shape index (κ2) is 17.6. The summed E-state index contributed by atoms with van der Waals surface area (Å²) >= 11 is 0. The molecule has 0 aliphatic rings. The summed E-state index contributed by atoms with van der Waals surface area (Å²) in [6.45, 7) is 4.03. The standard InChI is InChI=1S/C13H26NO3PS2/c1-15-11-13-20-19-12-6-4-3-5-9-16-18(2)17-10-7-8-14/h3-7,9-13H2,1-2H3. The van der Waals surface area contributed by atoms with Crippen molar-refractivity contribution >= 4 is 30.0 Å². The number of hydrogen-bond donors (Lipinski definition) is 0. The van der Waals surface area contributed by atoms with Gasteiger partial charge in [0.1, 0.15) is 0 Å². The Morgan fingerprint density at radius 1 is 0.950 bits per heavy atom. The number of nitriles is 1. The Morgan fingerprint density at radius 3 is 2.40 bits per heavy atom. The molecule has 118 valence electrons. The van der Waals surface area contributed by atoms with Gasteiger partial charge in [0.2, 0.25) is 0 Å². The van der Waals surface area contributed by atoms with Crippen LogP contribution in [0.25, 0.3) is 0 Å². The van der Waals surface area contributed by atoms with Crippen LogP contribution in [0.3, 0.4) is 0 Å². The van der Waals surface area contributed by atoms with E-state index in [-0.39, 0.29) is 0 Å². The third-order valence-corrected chi connectivity index (χ3v) is 5.88. The maximum Gasteiger partial charge on any atom is 0.167 e. The number of ether oxygens (including phenoxy) is 1. The minimum absolute atomic E-state index is 0.441. The molecule has 0 saturated carbocycles. The third kappa shape index (κ3) is 16.6. The Balaban J connectivity index is 3.07. The molecule has 0 aliphatic heterocycles. The molecule has 4 nitrogen and oxygen atoms in total. The lowest BCUT2D eigenvalue weighted by atomic mass is 10.2. The zero-order chi connectivity index (χ0) is 14.9. The van der Waals surface area contributed by atoms with Gasteiger partial charge in [-0.2, -0.15) is 5.26 Å². The van der Waals surface area contributed by atoms with E-state index < -0.39 is 8.38 Å². The Kier molecular flexibility index (Phi) is 18.0. The summed E-state index contributed by atoms with van der Waals surface area (Å²) in [6, 6.07) is 2.05. The summed E-state index contributed by atoms with van der Waals surface area (Å²) in [6.07, 6.45) is 5.28. The smallest absolute Gasteiger partial charge is 0.167 e. The molecule has 1 unspecified atom stereocenters. The van der Waals surface area contributed by atoms with Gasteiger partial charge in [0.25, 0.3) is 0 Å². The van der Waals surface area contributed by atoms with Crippen molar-refractivity contribution in [3.8, 4) is 6.07 Å². The highest BCUT2D eigenvalue weighted by Crippen LogP contribution is 2.33. The first kappa shape index (κ1) is 20.5. The molecular weight excluding hydrogens is 313 g/mol. The fraction of sp³-hybridized carbons (Fsp3) is 0.923. The maximum absolute atomic E-state index is 8.38. The number of hydrogen-bond acceptors (Lipinski definition) is 6. The van der Waals surface area contributed by atoms with Crippen molar-refractivity contribution in [1.29, 1.82) is 5.26 Å². The van der Waals surface area contributed by atoms with E-state index in [9.17, 15) is 0 Å². The SMILES string of the molecule is COCCSSCCCCCCOP(C)OCCC#N. The van der Waals surface area contributed by atoms with Crippen LogP contribution in [0.5, 0.6) is 0 Å². The molecule has 0 aliphatic carbocycles. The van der Waals surface area contributed by atoms with Crippen molar-refractivity contribution in [2.45, 2.75) is 32.1 Å². The molecule has 0 N–H and O–H groups in total. The fourth-order valence-corrected chi connectivity index (χ4v) is 4.17. The van der Waals surface area contributed by atoms with Gasteiger partial charge in [-0.15, -0.1) is 0 Å². The molecule has 0 fully saturated rings. The van der Waals surface area contributed by atoms with E-state index in [1.54, 1.807) is 7.11 Å². The summed E-state index contributed by atoms with van der Waals surface area (Å²) in [5.41, 5.74) is 0. The Hall–Kier alpha value is 0.500. The topological polar surface area (TPSA) is 51.5 Å². The molecule has 0 heterocycles. The minimum Gasteiger partial charge on any atom is -0.384 e. The summed E-state index contributed by atoms with van der Waals surface area (Å²) < 4.78 is 15.9. The van der Waals surface area contributed by atoms with Crippen LogP contribution in [-0.2, 0) is 13.8 Å². The van der Waals surface area contributed by atoms with Gasteiger partial charge in [0.15, 0.2) is 8.38 Å². The Bertz CT molecular complexity index is 242. The van der Waals surface area contributed by atoms with Gasteiger partial charge in [-0.05, 0) is 12.8 Å². The van der Waals surface area contributed by atoms with E-state index in [2.05, 4.69) is 6.07 Å². The number of methoxy groups -OCH3 is 1. The van der Waals surface area contributed by atoms with Gasteiger partial charge in [-0.25, -0.2) is 0 Å². The van der Waals surface area contributed by atoms with Crippen LogP contribution in [0.15, 0.2) is 0 Å². The van der Waals surface area contributed by atoms with Gasteiger partial charge in [-0.3, -0.25) is 0 Å². The van der Waals surface area contributed by atoms with Crippen molar-refractivity contribution in [3.05, 3.63) is 0 Å². The number of unbranched alkanes of at least 4 members (excludes halogenated alkanes) is 3. The average molecular weight is 339 g/mol. The molecule has 20 heavy (non-hydrogen) atoms. The second-order valence-electron chi connectivity index (χ2n) is 4.07. The largest absolute Gasteiger partial charge is 0.384 e. The van der Waals surface area contributed by atoms with Crippen molar-refractivity contribution in [2.24, 2.45) is 0 Å². The van der Waals surface area contributed by atoms with Gasteiger partial charge >= 0.3 is 0 Å². The molecule has 0 rings (SSSR count). The molecule has 0 radical (unpaired) electrons. The second-order valence-corrected chi connectivity index (χ2v) is 8.16. The summed E-state index contributed by atoms with van der Waals surface area (Å²) in [7, 11) is 4.77. The van der Waals surface area contributed by atoms with Crippen LogP contribution in [0, 0.1) is 11.3 Å². The quantitative estimate of drug-likeness (QED) is 0.249. The summed E-state index contributed by atoms with van der Waals surface area (Å²) in [4.78, 5) is 0. The lowest BCUT2D eigenvalue weighted by Crippen LogP contribution is -1.94. The lowest BCUT2D eigenvalue weighted by Gasteiger charge is -2.11. The van der Waals surface area contributed by atoms with Gasteiger partial charge in [0.05, 0.1) is 32.3 Å². The molecule has 0 aromatic carbocycles. The first-order valence-corrected chi connectivity index (χ1v) is 11.0. The zero-order valence-electron chi connectivity index (χ0n) is 12.5. The monoisotopic (exact) mass is 339 g/mol. The molecule has 0 spiro atoms. The van der Waals surface area contributed by atoms with Crippen molar-refractivity contribution in [2.75, 3.05) is 45.1 Å². The van der Waals surface area contributed by atoms with E-state index in [0.29, 0.717) is 13.0 Å². The van der Waals surface area contributed by atoms with Crippen LogP contribution in [0.1, 0.15) is 32.1 Å². The van der Waals surface area contributed by atoms with Crippen molar-refractivity contribution in [1.82, 2.24) is 0 Å². The lowest BCUT2D eigenvalue weighted by molar-refractivity contribution is 0.219. The van der Waals surface area contributed by atoms with Crippen LogP contribution >= 0.6 is 30.0 Å². The third-order valence-electron chi connectivity index (χ3n) is 2.34. The summed E-state index contributed by atoms with van der Waals surface area (Å²) in [5.74, 6) is 2.29. The Morgan fingerprint density at radius 2 is 1.65 bits per heavy atom. The predicted octanol–water partition coefficient (Wildman–Crippen LogP) is 4.46. The molecule has 7 heteroatoms. The molecule has 0 bridgehead atoms. The summed E-state index contributed by atoms with van der Waals surface area (Å²) in [5, 5.41) is 8.38. The molecule has 0 aromatic rings. The zero-order valence-corrected chi connectivity index (χ0v) is 15.0. The van der Waals surface area contributed by atoms with Gasteiger partial charge in [-0.1, -0.05) is 34.4 Å². The normalized spacial score (nSPS) is 12.2. The molecule has 0 aromatic heterocycles. The van der Waals surface area contributed by atoms with E-state index in [1.165, 1.54) is 25.0 Å². The molecular formula is C13H26NO3PS2.